The summed E-state index contributed by atoms with van der Waals surface area (Å²) in [6.45, 7) is 5.41. The van der Waals surface area contributed by atoms with E-state index >= 15 is 0 Å². The first-order valence-electron chi connectivity index (χ1n) is 7.77. The van der Waals surface area contributed by atoms with E-state index in [4.69, 9.17) is 5.11 Å². The van der Waals surface area contributed by atoms with E-state index in [1.54, 1.807) is 6.33 Å². The molecule has 1 aliphatic heterocycles. The molecule has 116 valence electrons. The molecule has 0 amide bonds. The SMILES string of the molecule is Cc1cc2c(cc1C)N(CCCCCO)c1ncncc1N2. The first-order valence-corrected chi connectivity index (χ1v) is 7.77. The van der Waals surface area contributed by atoms with Crippen LogP contribution in [0.2, 0.25) is 0 Å². The van der Waals surface area contributed by atoms with E-state index in [1.165, 1.54) is 16.8 Å². The molecule has 0 saturated carbocycles. The minimum absolute atomic E-state index is 0.259. The molecule has 3 rings (SSSR count). The van der Waals surface area contributed by atoms with E-state index in [9.17, 15) is 0 Å². The quantitative estimate of drug-likeness (QED) is 0.828. The highest BCUT2D eigenvalue weighted by atomic mass is 16.2. The largest absolute Gasteiger partial charge is 0.396 e. The van der Waals surface area contributed by atoms with Crippen molar-refractivity contribution in [2.24, 2.45) is 0 Å². The Morgan fingerprint density at radius 2 is 1.91 bits per heavy atom. The lowest BCUT2D eigenvalue weighted by molar-refractivity contribution is 0.283. The molecule has 2 aromatic rings. The van der Waals surface area contributed by atoms with Gasteiger partial charge in [-0.25, -0.2) is 9.97 Å². The summed E-state index contributed by atoms with van der Waals surface area (Å²) in [6.07, 6.45) is 6.30. The first kappa shape index (κ1) is 14.8. The van der Waals surface area contributed by atoms with E-state index in [0.29, 0.717) is 0 Å². The summed E-state index contributed by atoms with van der Waals surface area (Å²) in [4.78, 5) is 10.8. The lowest BCUT2D eigenvalue weighted by atomic mass is 10.0. The smallest absolute Gasteiger partial charge is 0.160 e. The lowest BCUT2D eigenvalue weighted by Gasteiger charge is -2.33. The van der Waals surface area contributed by atoms with Gasteiger partial charge in [0.15, 0.2) is 5.82 Å². The summed E-state index contributed by atoms with van der Waals surface area (Å²) >= 11 is 0. The van der Waals surface area contributed by atoms with Gasteiger partial charge in [0.25, 0.3) is 0 Å². The number of aliphatic hydroxyl groups is 1. The van der Waals surface area contributed by atoms with Crippen LogP contribution in [0, 0.1) is 13.8 Å². The van der Waals surface area contributed by atoms with Crippen LogP contribution in [-0.4, -0.2) is 28.2 Å². The average molecular weight is 298 g/mol. The Bertz CT molecular complexity index is 672. The molecule has 0 unspecified atom stereocenters. The van der Waals surface area contributed by atoms with Gasteiger partial charge in [0.05, 0.1) is 17.6 Å². The van der Waals surface area contributed by atoms with Gasteiger partial charge in [0.1, 0.15) is 12.0 Å². The maximum atomic E-state index is 8.94. The molecule has 0 spiro atoms. The summed E-state index contributed by atoms with van der Waals surface area (Å²) in [7, 11) is 0. The Morgan fingerprint density at radius 3 is 2.73 bits per heavy atom. The third-order valence-corrected chi connectivity index (χ3v) is 4.16. The maximum absolute atomic E-state index is 8.94. The third-order valence-electron chi connectivity index (χ3n) is 4.16. The number of benzene rings is 1. The van der Waals surface area contributed by atoms with Crippen molar-refractivity contribution in [3.05, 3.63) is 35.8 Å². The molecule has 1 aromatic heterocycles. The van der Waals surface area contributed by atoms with Gasteiger partial charge >= 0.3 is 0 Å². The second-order valence-electron chi connectivity index (χ2n) is 5.77. The van der Waals surface area contributed by atoms with Gasteiger partial charge in [0, 0.05) is 13.2 Å². The molecule has 1 aromatic carbocycles. The zero-order valence-corrected chi connectivity index (χ0v) is 13.1. The molecular weight excluding hydrogens is 276 g/mol. The van der Waals surface area contributed by atoms with Crippen LogP contribution in [0.15, 0.2) is 24.7 Å². The third kappa shape index (κ3) is 2.76. The fourth-order valence-electron chi connectivity index (χ4n) is 2.79. The normalized spacial score (nSPS) is 12.6. The zero-order valence-electron chi connectivity index (χ0n) is 13.1. The number of rotatable bonds is 5. The molecule has 0 saturated heterocycles. The van der Waals surface area contributed by atoms with Crippen LogP contribution in [0.25, 0.3) is 0 Å². The summed E-state index contributed by atoms with van der Waals surface area (Å²) < 4.78 is 0. The fourth-order valence-corrected chi connectivity index (χ4v) is 2.79. The Kier molecular flexibility index (Phi) is 4.24. The number of aromatic nitrogens is 2. The highest BCUT2D eigenvalue weighted by molar-refractivity contribution is 5.90. The van der Waals surface area contributed by atoms with Crippen molar-refractivity contribution < 1.29 is 5.11 Å². The predicted octanol–water partition coefficient (Wildman–Crippen LogP) is 3.45. The molecule has 2 heterocycles. The van der Waals surface area contributed by atoms with E-state index in [0.717, 1.165) is 43.0 Å². The molecule has 22 heavy (non-hydrogen) atoms. The second kappa shape index (κ2) is 6.32. The number of nitrogens with zero attached hydrogens (tertiary/aromatic N) is 3. The monoisotopic (exact) mass is 298 g/mol. The number of unbranched alkanes of at least 4 members (excludes halogenated alkanes) is 2. The number of anilines is 4. The molecule has 0 radical (unpaired) electrons. The molecule has 2 N–H and O–H groups in total. The lowest BCUT2D eigenvalue weighted by Crippen LogP contribution is -2.25. The van der Waals surface area contributed by atoms with Gasteiger partial charge in [-0.15, -0.1) is 0 Å². The van der Waals surface area contributed by atoms with Crippen LogP contribution in [0.3, 0.4) is 0 Å². The number of fused-ring (bicyclic) bond motifs is 2. The topological polar surface area (TPSA) is 61.3 Å². The van der Waals surface area contributed by atoms with Crippen molar-refractivity contribution >= 4 is 22.9 Å². The molecule has 0 atom stereocenters. The van der Waals surface area contributed by atoms with Crippen LogP contribution >= 0.6 is 0 Å². The fraction of sp³-hybridized carbons (Fsp3) is 0.412. The van der Waals surface area contributed by atoms with Crippen LogP contribution in [0.4, 0.5) is 22.9 Å². The highest BCUT2D eigenvalue weighted by Gasteiger charge is 2.24. The van der Waals surface area contributed by atoms with Gasteiger partial charge in [-0.2, -0.15) is 0 Å². The molecule has 5 heteroatoms. The Hall–Kier alpha value is -2.14. The Morgan fingerprint density at radius 1 is 1.09 bits per heavy atom. The Labute approximate surface area is 131 Å². The molecule has 5 nitrogen and oxygen atoms in total. The van der Waals surface area contributed by atoms with Crippen LogP contribution in [-0.2, 0) is 0 Å². The number of aliphatic hydroxyl groups excluding tert-OH is 1. The van der Waals surface area contributed by atoms with Crippen molar-refractivity contribution in [1.82, 2.24) is 9.97 Å². The minimum Gasteiger partial charge on any atom is -0.396 e. The number of hydrogen-bond donors (Lipinski definition) is 2. The predicted molar refractivity (Wildman–Crippen MR) is 89.2 cm³/mol. The van der Waals surface area contributed by atoms with Crippen molar-refractivity contribution in [3.63, 3.8) is 0 Å². The van der Waals surface area contributed by atoms with Crippen molar-refractivity contribution in [2.75, 3.05) is 23.4 Å². The summed E-state index contributed by atoms with van der Waals surface area (Å²) in [5.74, 6) is 0.926. The number of aryl methyl sites for hydroxylation is 2. The molecule has 1 aliphatic rings. The van der Waals surface area contributed by atoms with Gasteiger partial charge < -0.3 is 15.3 Å². The van der Waals surface area contributed by atoms with Gasteiger partial charge in [-0.05, 0) is 56.4 Å². The molecule has 0 aliphatic carbocycles. The number of hydrogen-bond acceptors (Lipinski definition) is 5. The van der Waals surface area contributed by atoms with E-state index in [2.05, 4.69) is 46.2 Å². The number of nitrogens with one attached hydrogen (secondary N) is 1. The van der Waals surface area contributed by atoms with E-state index in [1.807, 2.05) is 6.20 Å². The van der Waals surface area contributed by atoms with Crippen molar-refractivity contribution in [3.8, 4) is 0 Å². The van der Waals surface area contributed by atoms with E-state index in [-0.39, 0.29) is 6.61 Å². The molecular formula is C17H22N4O. The summed E-state index contributed by atoms with van der Waals surface area (Å²) in [5.41, 5.74) is 5.76. The van der Waals surface area contributed by atoms with E-state index < -0.39 is 0 Å². The van der Waals surface area contributed by atoms with Crippen molar-refractivity contribution in [2.45, 2.75) is 33.1 Å². The maximum Gasteiger partial charge on any atom is 0.160 e. The van der Waals surface area contributed by atoms with Gasteiger partial charge in [-0.1, -0.05) is 0 Å². The summed E-state index contributed by atoms with van der Waals surface area (Å²) in [5, 5.41) is 12.4. The second-order valence-corrected chi connectivity index (χ2v) is 5.77. The zero-order chi connectivity index (χ0) is 15.5. The molecule has 0 fully saturated rings. The highest BCUT2D eigenvalue weighted by Crippen LogP contribution is 2.43. The van der Waals surface area contributed by atoms with Crippen LogP contribution < -0.4 is 10.2 Å². The Balaban J connectivity index is 1.94. The van der Waals surface area contributed by atoms with Crippen LogP contribution in [0.1, 0.15) is 30.4 Å². The van der Waals surface area contributed by atoms with Gasteiger partial charge in [0.2, 0.25) is 0 Å². The minimum atomic E-state index is 0.259. The molecule has 0 bridgehead atoms. The standard InChI is InChI=1S/C17H22N4O/c1-12-8-14-16(9-13(12)2)21(6-4-3-5-7-22)17-15(20-14)10-18-11-19-17/h8-11,20,22H,3-7H2,1-2H3. The average Bonchev–Trinajstić information content (AvgIpc) is 2.52. The first-order chi connectivity index (χ1) is 10.7. The van der Waals surface area contributed by atoms with Crippen molar-refractivity contribution in [1.29, 1.82) is 0 Å². The summed E-state index contributed by atoms with van der Waals surface area (Å²) in [6, 6.07) is 4.40. The van der Waals surface area contributed by atoms with Crippen LogP contribution in [0.5, 0.6) is 0 Å². The van der Waals surface area contributed by atoms with Gasteiger partial charge in [-0.3, -0.25) is 0 Å².